The highest BCUT2D eigenvalue weighted by molar-refractivity contribution is 5.99. The third kappa shape index (κ3) is 4.61. The van der Waals surface area contributed by atoms with Crippen molar-refractivity contribution >= 4 is 23.5 Å². The van der Waals surface area contributed by atoms with E-state index in [0.29, 0.717) is 23.7 Å². The Hall–Kier alpha value is -2.96. The van der Waals surface area contributed by atoms with Gasteiger partial charge < -0.3 is 15.1 Å². The van der Waals surface area contributed by atoms with E-state index in [9.17, 15) is 9.59 Å². The molecule has 7 nitrogen and oxygen atoms in total. The number of nitrogens with one attached hydrogen (secondary N) is 1. The van der Waals surface area contributed by atoms with Crippen molar-refractivity contribution in [3.05, 3.63) is 47.8 Å². The van der Waals surface area contributed by atoms with Gasteiger partial charge in [0.15, 0.2) is 0 Å². The summed E-state index contributed by atoms with van der Waals surface area (Å²) in [5.41, 5.74) is 1.69. The fourth-order valence-corrected chi connectivity index (χ4v) is 4.24. The van der Waals surface area contributed by atoms with Gasteiger partial charge in [0.05, 0.1) is 11.5 Å². The lowest BCUT2D eigenvalue weighted by molar-refractivity contribution is -0.120. The molecule has 2 aliphatic heterocycles. The highest BCUT2D eigenvalue weighted by Gasteiger charge is 2.30. The molecule has 0 radical (unpaired) electrons. The molecule has 1 N–H and O–H groups in total. The average Bonchev–Trinajstić information content (AvgIpc) is 2.81. The number of anilines is 2. The summed E-state index contributed by atoms with van der Waals surface area (Å²) in [4.78, 5) is 38.8. The van der Waals surface area contributed by atoms with Crippen LogP contribution in [0.1, 0.15) is 48.0 Å². The predicted octanol–water partition coefficient (Wildman–Crippen LogP) is 3.27. The number of rotatable bonds is 4. The van der Waals surface area contributed by atoms with Crippen LogP contribution >= 0.6 is 0 Å². The topological polar surface area (TPSA) is 78.4 Å². The largest absolute Gasteiger partial charge is 0.355 e. The summed E-state index contributed by atoms with van der Waals surface area (Å²) in [6.07, 6.45) is 8.46. The second-order valence-corrected chi connectivity index (χ2v) is 8.22. The van der Waals surface area contributed by atoms with Gasteiger partial charge in [-0.25, -0.2) is 9.97 Å². The van der Waals surface area contributed by atoms with Gasteiger partial charge in [-0.05, 0) is 62.8 Å². The van der Waals surface area contributed by atoms with Crippen molar-refractivity contribution in [2.45, 2.75) is 39.0 Å². The van der Waals surface area contributed by atoms with E-state index in [1.807, 2.05) is 36.1 Å². The van der Waals surface area contributed by atoms with Gasteiger partial charge in [-0.15, -0.1) is 0 Å². The fourth-order valence-electron chi connectivity index (χ4n) is 4.24. The second-order valence-electron chi connectivity index (χ2n) is 8.22. The Kier molecular flexibility index (Phi) is 6.26. The molecule has 4 heterocycles. The quantitative estimate of drug-likeness (QED) is 0.842. The van der Waals surface area contributed by atoms with Crippen molar-refractivity contribution < 1.29 is 9.59 Å². The molecular weight excluding hydrogens is 378 g/mol. The molecule has 0 saturated carbocycles. The lowest BCUT2D eigenvalue weighted by Crippen LogP contribution is -2.43. The summed E-state index contributed by atoms with van der Waals surface area (Å²) in [6, 6.07) is 7.43. The Morgan fingerprint density at radius 2 is 1.87 bits per heavy atom. The van der Waals surface area contributed by atoms with E-state index in [1.165, 1.54) is 6.42 Å². The van der Waals surface area contributed by atoms with Gasteiger partial charge >= 0.3 is 0 Å². The van der Waals surface area contributed by atoms with Gasteiger partial charge in [0.1, 0.15) is 11.6 Å². The summed E-state index contributed by atoms with van der Waals surface area (Å²) < 4.78 is 0. The molecule has 2 amide bonds. The summed E-state index contributed by atoms with van der Waals surface area (Å²) in [7, 11) is 0. The van der Waals surface area contributed by atoms with Crippen LogP contribution in [0.5, 0.6) is 0 Å². The van der Waals surface area contributed by atoms with Gasteiger partial charge in [-0.2, -0.15) is 0 Å². The van der Waals surface area contributed by atoms with E-state index >= 15 is 0 Å². The first-order valence-corrected chi connectivity index (χ1v) is 10.8. The zero-order valence-electron chi connectivity index (χ0n) is 17.5. The monoisotopic (exact) mass is 407 g/mol. The van der Waals surface area contributed by atoms with E-state index in [2.05, 4.69) is 20.2 Å². The third-order valence-electron chi connectivity index (χ3n) is 5.91. The normalized spacial score (nSPS) is 19.4. The van der Waals surface area contributed by atoms with E-state index in [4.69, 9.17) is 0 Å². The zero-order chi connectivity index (χ0) is 20.9. The molecule has 7 heteroatoms. The Labute approximate surface area is 177 Å². The Balaban J connectivity index is 1.47. The van der Waals surface area contributed by atoms with Crippen LogP contribution in [0.4, 0.5) is 11.6 Å². The molecular formula is C23H29N5O2. The molecule has 2 saturated heterocycles. The highest BCUT2D eigenvalue weighted by atomic mass is 16.2. The first kappa shape index (κ1) is 20.3. The van der Waals surface area contributed by atoms with E-state index < -0.39 is 0 Å². The van der Waals surface area contributed by atoms with Crippen LogP contribution in [0.2, 0.25) is 0 Å². The molecule has 4 rings (SSSR count). The van der Waals surface area contributed by atoms with Crippen LogP contribution in [0, 0.1) is 12.8 Å². The minimum Gasteiger partial charge on any atom is -0.355 e. The van der Waals surface area contributed by atoms with Crippen molar-refractivity contribution in [2.24, 2.45) is 5.92 Å². The van der Waals surface area contributed by atoms with Gasteiger partial charge in [0.25, 0.3) is 5.91 Å². The minimum absolute atomic E-state index is 0.0316. The van der Waals surface area contributed by atoms with E-state index in [1.54, 1.807) is 12.4 Å². The smallest absolute Gasteiger partial charge is 0.257 e. The van der Waals surface area contributed by atoms with Crippen molar-refractivity contribution in [1.29, 1.82) is 0 Å². The number of aromatic nitrogens is 2. The number of likely N-dealkylation sites (tertiary alicyclic amines) is 1. The van der Waals surface area contributed by atoms with Crippen LogP contribution in [0.15, 0.2) is 36.7 Å². The van der Waals surface area contributed by atoms with Crippen molar-refractivity contribution in [2.75, 3.05) is 36.4 Å². The van der Waals surface area contributed by atoms with E-state index in [-0.39, 0.29) is 17.7 Å². The van der Waals surface area contributed by atoms with Crippen molar-refractivity contribution in [1.82, 2.24) is 14.9 Å². The van der Waals surface area contributed by atoms with Gasteiger partial charge in [0.2, 0.25) is 5.91 Å². The van der Waals surface area contributed by atoms with Gasteiger partial charge in [0, 0.05) is 38.6 Å². The van der Waals surface area contributed by atoms with Gasteiger partial charge in [-0.3, -0.25) is 9.59 Å². The number of carbonyl (C=O) groups excluding carboxylic acids is 2. The molecule has 30 heavy (non-hydrogen) atoms. The molecule has 0 bridgehead atoms. The summed E-state index contributed by atoms with van der Waals surface area (Å²) in [5, 5.41) is 2.93. The molecule has 2 fully saturated rings. The summed E-state index contributed by atoms with van der Waals surface area (Å²) in [6.45, 7) is 4.93. The molecule has 2 aromatic rings. The molecule has 2 aliphatic rings. The molecule has 1 atom stereocenters. The number of amides is 2. The number of nitrogens with zero attached hydrogens (tertiary/aromatic N) is 4. The molecule has 1 unspecified atom stereocenters. The number of piperidine rings is 2. The van der Waals surface area contributed by atoms with Crippen molar-refractivity contribution in [3.63, 3.8) is 0 Å². The molecule has 0 aliphatic carbocycles. The standard InChI is InChI=1S/C23H29N5O2/c1-17-9-10-20(25-15-17)26-22(29)18-7-6-14-28(16-18)21-19(8-5-11-24-21)23(30)27-12-3-2-4-13-27/h5,8-11,15,18H,2-4,6-7,12-14,16H2,1H3,(H,25,26,29). The van der Waals surface area contributed by atoms with E-state index in [0.717, 1.165) is 50.9 Å². The fraction of sp³-hybridized carbons (Fsp3) is 0.478. The number of hydrogen-bond donors (Lipinski definition) is 1. The van der Waals surface area contributed by atoms with Gasteiger partial charge in [-0.1, -0.05) is 6.07 Å². The maximum atomic E-state index is 13.1. The third-order valence-corrected chi connectivity index (χ3v) is 5.91. The minimum atomic E-state index is -0.165. The molecule has 2 aromatic heterocycles. The number of aryl methyl sites for hydroxylation is 1. The first-order chi connectivity index (χ1) is 14.6. The zero-order valence-corrected chi connectivity index (χ0v) is 17.5. The highest BCUT2D eigenvalue weighted by Crippen LogP contribution is 2.27. The average molecular weight is 408 g/mol. The maximum absolute atomic E-state index is 13.1. The maximum Gasteiger partial charge on any atom is 0.257 e. The lowest BCUT2D eigenvalue weighted by Gasteiger charge is -2.34. The number of hydrogen-bond acceptors (Lipinski definition) is 5. The van der Waals surface area contributed by atoms with Crippen LogP contribution in [-0.2, 0) is 4.79 Å². The van der Waals surface area contributed by atoms with Crippen LogP contribution in [0.3, 0.4) is 0 Å². The van der Waals surface area contributed by atoms with Crippen LogP contribution < -0.4 is 10.2 Å². The predicted molar refractivity (Wildman–Crippen MR) is 117 cm³/mol. The second kappa shape index (κ2) is 9.24. The summed E-state index contributed by atoms with van der Waals surface area (Å²) in [5.74, 6) is 1.12. The Bertz CT molecular complexity index is 893. The van der Waals surface area contributed by atoms with Crippen LogP contribution in [0.25, 0.3) is 0 Å². The molecule has 158 valence electrons. The summed E-state index contributed by atoms with van der Waals surface area (Å²) >= 11 is 0. The SMILES string of the molecule is Cc1ccc(NC(=O)C2CCCN(c3ncccc3C(=O)N3CCCCC3)C2)nc1. The Morgan fingerprint density at radius 1 is 1.03 bits per heavy atom. The molecule has 0 spiro atoms. The van der Waals surface area contributed by atoms with Crippen LogP contribution in [-0.4, -0.2) is 52.9 Å². The van der Waals surface area contributed by atoms with Crippen molar-refractivity contribution in [3.8, 4) is 0 Å². The first-order valence-electron chi connectivity index (χ1n) is 10.8. The lowest BCUT2D eigenvalue weighted by atomic mass is 9.96. The number of carbonyl (C=O) groups is 2. The molecule has 0 aromatic carbocycles. The Morgan fingerprint density at radius 3 is 2.63 bits per heavy atom. The number of pyridine rings is 2.